The van der Waals surface area contributed by atoms with Gasteiger partial charge in [-0.1, -0.05) is 5.16 Å². The first-order valence-corrected chi connectivity index (χ1v) is 6.72. The lowest BCUT2D eigenvalue weighted by atomic mass is 10.2. The van der Waals surface area contributed by atoms with Crippen LogP contribution in [0.15, 0.2) is 28.7 Å². The molecule has 0 fully saturated rings. The van der Waals surface area contributed by atoms with Crippen molar-refractivity contribution in [2.24, 2.45) is 5.16 Å². The fraction of sp³-hybridized carbons (Fsp3) is 0.154. The maximum Gasteiger partial charge on any atom is 0.257 e. The summed E-state index contributed by atoms with van der Waals surface area (Å²) in [7, 11) is 1.32. The van der Waals surface area contributed by atoms with Crippen molar-refractivity contribution in [2.75, 3.05) is 12.4 Å². The molecule has 6 nitrogen and oxygen atoms in total. The van der Waals surface area contributed by atoms with Gasteiger partial charge in [0.15, 0.2) is 16.7 Å². The number of hydrogen-bond donors (Lipinski definition) is 2. The molecule has 1 heterocycles. The van der Waals surface area contributed by atoms with E-state index in [4.69, 9.17) is 9.94 Å². The number of hydrogen-bond acceptors (Lipinski definition) is 6. The van der Waals surface area contributed by atoms with Crippen LogP contribution in [0.4, 0.5) is 9.52 Å². The number of anilines is 1. The number of ether oxygens (including phenoxy) is 1. The molecule has 2 N–H and O–H groups in total. The fourth-order valence-corrected chi connectivity index (χ4v) is 2.27. The Kier molecular flexibility index (Phi) is 4.49. The minimum absolute atomic E-state index is 0.00858. The Labute approximate surface area is 123 Å². The molecular formula is C13H12FN3O3S. The quantitative estimate of drug-likeness (QED) is 0.517. The second kappa shape index (κ2) is 6.31. The molecule has 0 saturated heterocycles. The van der Waals surface area contributed by atoms with Crippen LogP contribution in [0.5, 0.6) is 5.75 Å². The van der Waals surface area contributed by atoms with E-state index in [1.165, 1.54) is 30.6 Å². The SMILES string of the molecule is COc1cc(C(=O)Nc2nc(/C(C)=N/O)cs2)ccc1F. The van der Waals surface area contributed by atoms with Crippen molar-refractivity contribution in [3.63, 3.8) is 0 Å². The zero-order valence-corrected chi connectivity index (χ0v) is 12.1. The molecule has 0 unspecified atom stereocenters. The van der Waals surface area contributed by atoms with E-state index in [2.05, 4.69) is 15.5 Å². The molecule has 1 aromatic heterocycles. The Hall–Kier alpha value is -2.48. The molecule has 0 radical (unpaired) electrons. The lowest BCUT2D eigenvalue weighted by molar-refractivity contribution is 0.102. The maximum absolute atomic E-state index is 13.3. The minimum atomic E-state index is -0.541. The van der Waals surface area contributed by atoms with Gasteiger partial charge in [-0.05, 0) is 25.1 Å². The summed E-state index contributed by atoms with van der Waals surface area (Å²) in [6.07, 6.45) is 0. The number of oxime groups is 1. The van der Waals surface area contributed by atoms with Gasteiger partial charge in [0.25, 0.3) is 5.91 Å². The summed E-state index contributed by atoms with van der Waals surface area (Å²) in [4.78, 5) is 16.1. The lowest BCUT2D eigenvalue weighted by Crippen LogP contribution is -2.12. The van der Waals surface area contributed by atoms with Gasteiger partial charge >= 0.3 is 0 Å². The Bertz CT molecular complexity index is 700. The predicted octanol–water partition coefficient (Wildman–Crippen LogP) is 2.74. The van der Waals surface area contributed by atoms with E-state index >= 15 is 0 Å². The molecule has 1 amide bonds. The van der Waals surface area contributed by atoms with E-state index in [1.807, 2.05) is 0 Å². The number of nitrogens with one attached hydrogen (secondary N) is 1. The minimum Gasteiger partial charge on any atom is -0.494 e. The van der Waals surface area contributed by atoms with Crippen molar-refractivity contribution >= 4 is 28.1 Å². The van der Waals surface area contributed by atoms with Gasteiger partial charge in [0.1, 0.15) is 11.4 Å². The Morgan fingerprint density at radius 1 is 1.52 bits per heavy atom. The molecule has 2 rings (SSSR count). The number of carbonyl (C=O) groups is 1. The smallest absolute Gasteiger partial charge is 0.257 e. The van der Waals surface area contributed by atoms with Gasteiger partial charge in [0, 0.05) is 10.9 Å². The lowest BCUT2D eigenvalue weighted by Gasteiger charge is -2.05. The normalized spacial score (nSPS) is 11.3. The molecule has 0 aliphatic heterocycles. The van der Waals surface area contributed by atoms with Crippen molar-refractivity contribution in [1.82, 2.24) is 4.98 Å². The van der Waals surface area contributed by atoms with Crippen molar-refractivity contribution < 1.29 is 19.1 Å². The number of thiazole rings is 1. The summed E-state index contributed by atoms with van der Waals surface area (Å²) in [5, 5.41) is 16.3. The first-order valence-electron chi connectivity index (χ1n) is 5.84. The monoisotopic (exact) mass is 309 g/mol. The number of rotatable bonds is 4. The first kappa shape index (κ1) is 14.9. The van der Waals surface area contributed by atoms with Crippen LogP contribution < -0.4 is 10.1 Å². The molecule has 110 valence electrons. The Balaban J connectivity index is 2.16. The van der Waals surface area contributed by atoms with Crippen LogP contribution in [-0.4, -0.2) is 28.9 Å². The van der Waals surface area contributed by atoms with E-state index < -0.39 is 11.7 Å². The van der Waals surface area contributed by atoms with Gasteiger partial charge in [-0.3, -0.25) is 10.1 Å². The summed E-state index contributed by atoms with van der Waals surface area (Å²) in [6.45, 7) is 1.59. The maximum atomic E-state index is 13.3. The standard InChI is InChI=1S/C13H12FN3O3S/c1-7(17-19)10-6-21-13(15-10)16-12(18)8-3-4-9(14)11(5-8)20-2/h3-6,19H,1-2H3,(H,15,16,18)/b17-7+. The largest absolute Gasteiger partial charge is 0.494 e. The highest BCUT2D eigenvalue weighted by Gasteiger charge is 2.13. The van der Waals surface area contributed by atoms with Gasteiger partial charge < -0.3 is 9.94 Å². The van der Waals surface area contributed by atoms with Gasteiger partial charge in [-0.2, -0.15) is 0 Å². The van der Waals surface area contributed by atoms with Crippen molar-refractivity contribution in [3.05, 3.63) is 40.7 Å². The van der Waals surface area contributed by atoms with Crippen LogP contribution in [0.2, 0.25) is 0 Å². The molecule has 21 heavy (non-hydrogen) atoms. The fourth-order valence-electron chi connectivity index (χ4n) is 1.52. The van der Waals surface area contributed by atoms with E-state index in [0.29, 0.717) is 16.5 Å². The molecule has 0 aliphatic carbocycles. The van der Waals surface area contributed by atoms with Crippen molar-refractivity contribution in [2.45, 2.75) is 6.92 Å². The molecule has 1 aromatic carbocycles. The van der Waals surface area contributed by atoms with Gasteiger partial charge in [-0.25, -0.2) is 9.37 Å². The van der Waals surface area contributed by atoms with E-state index in [-0.39, 0.29) is 11.3 Å². The van der Waals surface area contributed by atoms with Crippen LogP contribution in [0.1, 0.15) is 23.0 Å². The van der Waals surface area contributed by atoms with Crippen LogP contribution in [0.25, 0.3) is 0 Å². The number of nitrogens with zero attached hydrogens (tertiary/aromatic N) is 2. The Morgan fingerprint density at radius 3 is 2.95 bits per heavy atom. The average molecular weight is 309 g/mol. The summed E-state index contributed by atoms with van der Waals surface area (Å²) >= 11 is 1.19. The number of carbonyl (C=O) groups excluding carboxylic acids is 1. The molecule has 0 bridgehead atoms. The van der Waals surface area contributed by atoms with Crippen molar-refractivity contribution in [1.29, 1.82) is 0 Å². The predicted molar refractivity (Wildman–Crippen MR) is 77.0 cm³/mol. The van der Waals surface area contributed by atoms with Crippen LogP contribution in [0.3, 0.4) is 0 Å². The highest BCUT2D eigenvalue weighted by atomic mass is 32.1. The number of halogens is 1. The highest BCUT2D eigenvalue weighted by Crippen LogP contribution is 2.21. The summed E-state index contributed by atoms with van der Waals surface area (Å²) < 4.78 is 18.1. The molecule has 0 saturated carbocycles. The average Bonchev–Trinajstić information content (AvgIpc) is 2.95. The Morgan fingerprint density at radius 2 is 2.29 bits per heavy atom. The van der Waals surface area contributed by atoms with Crippen LogP contribution in [0, 0.1) is 5.82 Å². The molecule has 0 spiro atoms. The van der Waals surface area contributed by atoms with E-state index in [1.54, 1.807) is 12.3 Å². The summed E-state index contributed by atoms with van der Waals surface area (Å²) in [5.41, 5.74) is 1.06. The first-order chi connectivity index (χ1) is 10.0. The third-order valence-electron chi connectivity index (χ3n) is 2.66. The third-order valence-corrected chi connectivity index (χ3v) is 3.42. The van der Waals surface area contributed by atoms with Crippen LogP contribution >= 0.6 is 11.3 Å². The van der Waals surface area contributed by atoms with Gasteiger partial charge in [0.2, 0.25) is 0 Å². The third kappa shape index (κ3) is 3.34. The summed E-state index contributed by atoms with van der Waals surface area (Å²) in [6, 6.07) is 3.81. The zero-order chi connectivity index (χ0) is 15.4. The number of benzene rings is 1. The molecule has 0 atom stereocenters. The highest BCUT2D eigenvalue weighted by molar-refractivity contribution is 7.14. The second-order valence-corrected chi connectivity index (χ2v) is 4.88. The van der Waals surface area contributed by atoms with Crippen LogP contribution in [-0.2, 0) is 0 Å². The molecule has 2 aromatic rings. The molecular weight excluding hydrogens is 297 g/mol. The second-order valence-electron chi connectivity index (χ2n) is 4.03. The number of methoxy groups -OCH3 is 1. The van der Waals surface area contributed by atoms with Crippen molar-refractivity contribution in [3.8, 4) is 5.75 Å². The summed E-state index contributed by atoms with van der Waals surface area (Å²) in [5.74, 6) is -0.987. The van der Waals surface area contributed by atoms with Gasteiger partial charge in [-0.15, -0.1) is 11.3 Å². The topological polar surface area (TPSA) is 83.8 Å². The molecule has 8 heteroatoms. The zero-order valence-electron chi connectivity index (χ0n) is 11.3. The molecule has 0 aliphatic rings. The number of amides is 1. The van der Waals surface area contributed by atoms with Gasteiger partial charge in [0.05, 0.1) is 7.11 Å². The van der Waals surface area contributed by atoms with E-state index in [0.717, 1.165) is 6.07 Å². The van der Waals surface area contributed by atoms with E-state index in [9.17, 15) is 9.18 Å². The number of aromatic nitrogens is 1.